The van der Waals surface area contributed by atoms with Crippen molar-refractivity contribution in [2.45, 2.75) is 0 Å². The molecule has 0 radical (unpaired) electrons. The number of fused-ring (bicyclic) bond motifs is 7. The lowest BCUT2D eigenvalue weighted by atomic mass is 9.85. The predicted octanol–water partition coefficient (Wildman–Crippen LogP) is 15.9. The zero-order valence-electron chi connectivity index (χ0n) is 31.3. The van der Waals surface area contributed by atoms with Gasteiger partial charge in [-0.25, -0.2) is 0 Å². The molecule has 0 unspecified atom stereocenters. The maximum atomic E-state index is 2.46. The lowest BCUT2D eigenvalue weighted by Crippen LogP contribution is -2.11. The number of anilines is 3. The molecule has 0 spiro atoms. The summed E-state index contributed by atoms with van der Waals surface area (Å²) in [5, 5.41) is 12.4. The van der Waals surface area contributed by atoms with E-state index in [0.717, 1.165) is 17.1 Å². The van der Waals surface area contributed by atoms with E-state index in [0.29, 0.717) is 0 Å². The van der Waals surface area contributed by atoms with Crippen LogP contribution < -0.4 is 4.90 Å². The van der Waals surface area contributed by atoms with Gasteiger partial charge >= 0.3 is 0 Å². The van der Waals surface area contributed by atoms with Crippen LogP contribution in [0.4, 0.5) is 17.1 Å². The summed E-state index contributed by atoms with van der Waals surface area (Å²) < 4.78 is 0. The molecule has 0 N–H and O–H groups in total. The summed E-state index contributed by atoms with van der Waals surface area (Å²) in [5.41, 5.74) is 10.7. The van der Waals surface area contributed by atoms with Gasteiger partial charge in [0.05, 0.1) is 5.69 Å². The Morgan fingerprint density at radius 3 is 1.42 bits per heavy atom. The van der Waals surface area contributed by atoms with E-state index in [1.165, 1.54) is 87.2 Å². The molecule has 0 aromatic heterocycles. The highest BCUT2D eigenvalue weighted by atomic mass is 15.1. The Balaban J connectivity index is 1.20. The molecule has 266 valence electrons. The summed E-state index contributed by atoms with van der Waals surface area (Å²) in [6, 6.07) is 82.2. The Labute approximate surface area is 332 Å². The monoisotopic (exact) mass is 723 g/mol. The summed E-state index contributed by atoms with van der Waals surface area (Å²) >= 11 is 0. The minimum Gasteiger partial charge on any atom is -0.310 e. The van der Waals surface area contributed by atoms with Crippen LogP contribution in [0.15, 0.2) is 224 Å². The van der Waals surface area contributed by atoms with E-state index in [2.05, 4.69) is 229 Å². The fraction of sp³-hybridized carbons (Fsp3) is 0. The van der Waals surface area contributed by atoms with Gasteiger partial charge in [-0.1, -0.05) is 188 Å². The summed E-state index contributed by atoms with van der Waals surface area (Å²) in [7, 11) is 0. The van der Waals surface area contributed by atoms with E-state index in [9.17, 15) is 0 Å². The fourth-order valence-electron chi connectivity index (χ4n) is 8.95. The van der Waals surface area contributed by atoms with Crippen molar-refractivity contribution < 1.29 is 0 Å². The van der Waals surface area contributed by atoms with Crippen molar-refractivity contribution in [3.05, 3.63) is 224 Å². The second-order valence-corrected chi connectivity index (χ2v) is 14.9. The molecule has 0 aliphatic heterocycles. The molecule has 1 heteroatoms. The van der Waals surface area contributed by atoms with E-state index in [1.54, 1.807) is 0 Å². The standard InChI is InChI=1S/C56H37N/c1-3-16-40(17-4-1)55-52-26-14-12-24-49(52)50-34-33-46(37-53(50)56(55)41-18-5-2-6-19-41)57(54-36-44-21-9-10-22-47(44)48-23-11-13-25-51(48)54)45-31-29-39(30-32-45)43-28-27-38-15-7-8-20-42(38)35-43/h1-37H. The van der Waals surface area contributed by atoms with Gasteiger partial charge in [-0.3, -0.25) is 0 Å². The molecule has 0 amide bonds. The van der Waals surface area contributed by atoms with Crippen molar-refractivity contribution >= 4 is 70.9 Å². The van der Waals surface area contributed by atoms with Gasteiger partial charge in [-0.05, 0) is 118 Å². The normalized spacial score (nSPS) is 11.5. The van der Waals surface area contributed by atoms with Crippen LogP contribution in [0.25, 0.3) is 87.2 Å². The third kappa shape index (κ3) is 5.63. The van der Waals surface area contributed by atoms with Crippen LogP contribution in [0.2, 0.25) is 0 Å². The van der Waals surface area contributed by atoms with Gasteiger partial charge in [0.25, 0.3) is 0 Å². The zero-order chi connectivity index (χ0) is 37.7. The SMILES string of the molecule is c1ccc(-c2c(-c3ccccc3)c3cc(N(c4ccc(-c5ccc6ccccc6c5)cc4)c4cc5ccccc5c5ccccc45)ccc3c3ccccc23)cc1. The average molecular weight is 724 g/mol. The third-order valence-corrected chi connectivity index (χ3v) is 11.6. The van der Waals surface area contributed by atoms with Crippen molar-refractivity contribution in [1.29, 1.82) is 0 Å². The van der Waals surface area contributed by atoms with Crippen LogP contribution in [0, 0.1) is 0 Å². The van der Waals surface area contributed by atoms with Crippen LogP contribution >= 0.6 is 0 Å². The molecule has 11 rings (SSSR count). The van der Waals surface area contributed by atoms with Gasteiger partial charge in [0.2, 0.25) is 0 Å². The Morgan fingerprint density at radius 2 is 0.719 bits per heavy atom. The Morgan fingerprint density at radius 1 is 0.228 bits per heavy atom. The number of nitrogens with zero attached hydrogens (tertiary/aromatic N) is 1. The van der Waals surface area contributed by atoms with E-state index in [-0.39, 0.29) is 0 Å². The van der Waals surface area contributed by atoms with Crippen molar-refractivity contribution in [3.63, 3.8) is 0 Å². The summed E-state index contributed by atoms with van der Waals surface area (Å²) in [4.78, 5) is 2.46. The van der Waals surface area contributed by atoms with Crippen LogP contribution in [-0.4, -0.2) is 0 Å². The fourth-order valence-corrected chi connectivity index (χ4v) is 8.95. The minimum atomic E-state index is 1.10. The van der Waals surface area contributed by atoms with Crippen molar-refractivity contribution in [2.75, 3.05) is 4.90 Å². The first kappa shape index (κ1) is 32.9. The van der Waals surface area contributed by atoms with E-state index < -0.39 is 0 Å². The molecule has 57 heavy (non-hydrogen) atoms. The largest absolute Gasteiger partial charge is 0.310 e. The van der Waals surface area contributed by atoms with Crippen LogP contribution in [0.3, 0.4) is 0 Å². The molecular weight excluding hydrogens is 687 g/mol. The highest BCUT2D eigenvalue weighted by Crippen LogP contribution is 2.48. The molecule has 0 saturated carbocycles. The van der Waals surface area contributed by atoms with Crippen molar-refractivity contribution in [2.24, 2.45) is 0 Å². The average Bonchev–Trinajstić information content (AvgIpc) is 3.29. The number of hydrogen-bond donors (Lipinski definition) is 0. The number of benzene rings is 11. The highest BCUT2D eigenvalue weighted by molar-refractivity contribution is 6.22. The van der Waals surface area contributed by atoms with Crippen molar-refractivity contribution in [3.8, 4) is 33.4 Å². The predicted molar refractivity (Wildman–Crippen MR) is 245 cm³/mol. The molecule has 0 aliphatic carbocycles. The summed E-state index contributed by atoms with van der Waals surface area (Å²) in [5.74, 6) is 0. The van der Waals surface area contributed by atoms with E-state index in [4.69, 9.17) is 0 Å². The summed E-state index contributed by atoms with van der Waals surface area (Å²) in [6.07, 6.45) is 0. The molecule has 11 aromatic carbocycles. The van der Waals surface area contributed by atoms with Gasteiger partial charge in [-0.15, -0.1) is 0 Å². The Hall–Kier alpha value is -7.48. The zero-order valence-corrected chi connectivity index (χ0v) is 31.3. The lowest BCUT2D eigenvalue weighted by Gasteiger charge is -2.29. The molecule has 0 saturated heterocycles. The van der Waals surface area contributed by atoms with Gasteiger partial charge in [0.1, 0.15) is 0 Å². The Kier molecular flexibility index (Phi) is 7.89. The molecule has 0 atom stereocenters. The van der Waals surface area contributed by atoms with Gasteiger partial charge in [-0.2, -0.15) is 0 Å². The maximum Gasteiger partial charge on any atom is 0.0546 e. The highest BCUT2D eigenvalue weighted by Gasteiger charge is 2.22. The van der Waals surface area contributed by atoms with Crippen LogP contribution in [-0.2, 0) is 0 Å². The number of rotatable bonds is 6. The Bertz CT molecular complexity index is 3270. The van der Waals surface area contributed by atoms with Crippen LogP contribution in [0.1, 0.15) is 0 Å². The molecular formula is C56H37N. The molecule has 0 bridgehead atoms. The van der Waals surface area contributed by atoms with Crippen molar-refractivity contribution in [1.82, 2.24) is 0 Å². The molecule has 0 heterocycles. The second-order valence-electron chi connectivity index (χ2n) is 14.9. The molecule has 1 nitrogen and oxygen atoms in total. The summed E-state index contributed by atoms with van der Waals surface area (Å²) in [6.45, 7) is 0. The molecule has 0 fully saturated rings. The maximum absolute atomic E-state index is 2.46. The number of hydrogen-bond acceptors (Lipinski definition) is 1. The molecule has 11 aromatic rings. The molecule has 0 aliphatic rings. The quantitative estimate of drug-likeness (QED) is 0.154. The second kappa shape index (κ2) is 13.7. The minimum absolute atomic E-state index is 1.10. The van der Waals surface area contributed by atoms with E-state index in [1.807, 2.05) is 0 Å². The first-order valence-corrected chi connectivity index (χ1v) is 19.7. The van der Waals surface area contributed by atoms with Gasteiger partial charge < -0.3 is 4.90 Å². The van der Waals surface area contributed by atoms with Gasteiger partial charge in [0.15, 0.2) is 0 Å². The topological polar surface area (TPSA) is 3.24 Å². The first-order chi connectivity index (χ1) is 28.3. The first-order valence-electron chi connectivity index (χ1n) is 19.7. The van der Waals surface area contributed by atoms with Crippen LogP contribution in [0.5, 0.6) is 0 Å². The van der Waals surface area contributed by atoms with E-state index >= 15 is 0 Å². The smallest absolute Gasteiger partial charge is 0.0546 e. The third-order valence-electron chi connectivity index (χ3n) is 11.6. The lowest BCUT2D eigenvalue weighted by molar-refractivity contribution is 1.31. The van der Waals surface area contributed by atoms with Gasteiger partial charge in [0, 0.05) is 16.8 Å².